The molecule has 5 aliphatic rings. The molecule has 2 fully saturated rings. The Kier molecular flexibility index (Phi) is 5.83. The molecule has 4 aromatic carbocycles. The molecule has 2 bridgehead atoms. The van der Waals surface area contributed by atoms with Crippen molar-refractivity contribution in [3.63, 3.8) is 0 Å². The first-order chi connectivity index (χ1) is 21.0. The molecule has 0 saturated carbocycles. The molecule has 3 aliphatic carbocycles. The van der Waals surface area contributed by atoms with Crippen molar-refractivity contribution in [2.45, 2.75) is 24.8 Å². The van der Waals surface area contributed by atoms with Gasteiger partial charge in [0.2, 0.25) is 17.7 Å². The highest BCUT2D eigenvalue weighted by Crippen LogP contribution is 2.61. The van der Waals surface area contributed by atoms with Crippen molar-refractivity contribution in [1.82, 2.24) is 4.90 Å². The number of ether oxygens (including phenoxy) is 1. The summed E-state index contributed by atoms with van der Waals surface area (Å²) in [6, 6.07) is 32.5. The van der Waals surface area contributed by atoms with Crippen LogP contribution in [0.3, 0.4) is 0 Å². The first kappa shape index (κ1) is 25.7. The molecule has 2 heterocycles. The van der Waals surface area contributed by atoms with E-state index in [1.54, 1.807) is 29.2 Å². The molecule has 3 amide bonds. The van der Waals surface area contributed by atoms with Crippen molar-refractivity contribution in [3.8, 4) is 5.75 Å². The van der Waals surface area contributed by atoms with Gasteiger partial charge in [-0.3, -0.25) is 19.2 Å². The Morgan fingerprint density at radius 2 is 1.26 bits per heavy atom. The lowest BCUT2D eigenvalue weighted by Gasteiger charge is -2.45. The topological polar surface area (TPSA) is 84.0 Å². The number of carbonyl (C=O) groups excluding carboxylic acids is 4. The van der Waals surface area contributed by atoms with Gasteiger partial charge in [0.15, 0.2) is 0 Å². The summed E-state index contributed by atoms with van der Waals surface area (Å²) < 4.78 is 5.72. The fraction of sp³-hybridized carbons (Fsp3) is 0.222. The van der Waals surface area contributed by atoms with E-state index in [1.165, 1.54) is 4.90 Å². The van der Waals surface area contributed by atoms with E-state index < -0.39 is 23.7 Å². The number of esters is 1. The third-order valence-electron chi connectivity index (χ3n) is 9.51. The lowest BCUT2D eigenvalue weighted by atomic mass is 9.55. The van der Waals surface area contributed by atoms with Crippen LogP contribution in [0, 0.1) is 17.8 Å². The van der Waals surface area contributed by atoms with Gasteiger partial charge in [-0.05, 0) is 39.9 Å². The fourth-order valence-corrected chi connectivity index (χ4v) is 7.70. The summed E-state index contributed by atoms with van der Waals surface area (Å²) in [5.41, 5.74) is 5.85. The molecule has 0 radical (unpaired) electrons. The number of nitrogens with zero attached hydrogens (tertiary/aromatic N) is 2. The van der Waals surface area contributed by atoms with E-state index in [0.29, 0.717) is 12.2 Å². The summed E-state index contributed by atoms with van der Waals surface area (Å²) in [5, 5.41) is 0. The molecule has 0 unspecified atom stereocenters. The maximum absolute atomic E-state index is 14.1. The quantitative estimate of drug-likeness (QED) is 0.191. The number of benzene rings is 4. The number of carbonyl (C=O) groups is 4. The van der Waals surface area contributed by atoms with Gasteiger partial charge < -0.3 is 9.64 Å². The lowest BCUT2D eigenvalue weighted by Crippen LogP contribution is -2.41. The number of hydrogen-bond donors (Lipinski definition) is 0. The Bertz CT molecular complexity index is 1700. The average Bonchev–Trinajstić information content (AvgIpc) is 3.53. The monoisotopic (exact) mass is 568 g/mol. The molecule has 3 atom stereocenters. The SMILES string of the molecule is O=C(Oc1cccc(N2C(=O)[C@@H]3C4c5ccccc5C(c5ccccc54)[C@H]3C2=O)c1)[C@@H]1CC(=O)N(Cc2ccccc2)C1. The predicted octanol–water partition coefficient (Wildman–Crippen LogP) is 5.04. The van der Waals surface area contributed by atoms with E-state index >= 15 is 0 Å². The largest absolute Gasteiger partial charge is 0.426 e. The van der Waals surface area contributed by atoms with Crippen molar-refractivity contribution >= 4 is 29.4 Å². The summed E-state index contributed by atoms with van der Waals surface area (Å²) in [5.74, 6) is -2.77. The van der Waals surface area contributed by atoms with E-state index in [9.17, 15) is 19.2 Å². The highest BCUT2D eigenvalue weighted by atomic mass is 16.5. The summed E-state index contributed by atoms with van der Waals surface area (Å²) in [4.78, 5) is 56.9. The Balaban J connectivity index is 1.04. The number of anilines is 1. The summed E-state index contributed by atoms with van der Waals surface area (Å²) >= 11 is 0. The van der Waals surface area contributed by atoms with Crippen LogP contribution in [0.1, 0.15) is 46.1 Å². The molecule has 2 aliphatic heterocycles. The van der Waals surface area contributed by atoms with Gasteiger partial charge in [-0.15, -0.1) is 0 Å². The third-order valence-corrected chi connectivity index (χ3v) is 9.51. The van der Waals surface area contributed by atoms with Crippen LogP contribution in [0.2, 0.25) is 0 Å². The smallest absolute Gasteiger partial charge is 0.316 e. The summed E-state index contributed by atoms with van der Waals surface area (Å²) in [7, 11) is 0. The van der Waals surface area contributed by atoms with Crippen LogP contribution in [-0.4, -0.2) is 35.1 Å². The number of imide groups is 1. The maximum Gasteiger partial charge on any atom is 0.316 e. The molecule has 2 saturated heterocycles. The first-order valence-electron chi connectivity index (χ1n) is 14.7. The number of hydrogen-bond acceptors (Lipinski definition) is 5. The van der Waals surface area contributed by atoms with Crippen LogP contribution in [0.5, 0.6) is 5.75 Å². The van der Waals surface area contributed by atoms with Crippen molar-refractivity contribution in [3.05, 3.63) is 131 Å². The molecule has 0 N–H and O–H groups in total. The van der Waals surface area contributed by atoms with Crippen molar-refractivity contribution in [2.75, 3.05) is 11.4 Å². The van der Waals surface area contributed by atoms with Crippen molar-refractivity contribution in [1.29, 1.82) is 0 Å². The van der Waals surface area contributed by atoms with Gasteiger partial charge >= 0.3 is 5.97 Å². The molecule has 9 rings (SSSR count). The zero-order chi connectivity index (χ0) is 29.2. The van der Waals surface area contributed by atoms with Crippen molar-refractivity contribution in [2.24, 2.45) is 17.8 Å². The van der Waals surface area contributed by atoms with Gasteiger partial charge in [0.25, 0.3) is 0 Å². The number of likely N-dealkylation sites (tertiary alicyclic amines) is 1. The van der Waals surface area contributed by atoms with E-state index in [1.807, 2.05) is 54.6 Å². The molecule has 4 aromatic rings. The van der Waals surface area contributed by atoms with Gasteiger partial charge in [0.05, 0.1) is 23.4 Å². The minimum absolute atomic E-state index is 0.0850. The molecular weight excluding hydrogens is 540 g/mol. The van der Waals surface area contributed by atoms with E-state index in [0.717, 1.165) is 27.8 Å². The average molecular weight is 569 g/mol. The molecule has 43 heavy (non-hydrogen) atoms. The zero-order valence-electron chi connectivity index (χ0n) is 23.3. The molecule has 0 spiro atoms. The van der Waals surface area contributed by atoms with E-state index in [4.69, 9.17) is 4.74 Å². The highest BCUT2D eigenvalue weighted by Gasteiger charge is 2.61. The minimum Gasteiger partial charge on any atom is -0.426 e. The number of rotatable bonds is 5. The van der Waals surface area contributed by atoms with E-state index in [-0.39, 0.29) is 48.3 Å². The summed E-state index contributed by atoms with van der Waals surface area (Å²) in [6.07, 6.45) is 0.0850. The predicted molar refractivity (Wildman–Crippen MR) is 158 cm³/mol. The van der Waals surface area contributed by atoms with Gasteiger partial charge in [-0.25, -0.2) is 4.90 Å². The molecule has 212 valence electrons. The van der Waals surface area contributed by atoms with Crippen LogP contribution in [0.25, 0.3) is 0 Å². The molecule has 7 nitrogen and oxygen atoms in total. The second kappa shape index (κ2) is 9.76. The van der Waals surface area contributed by atoms with Crippen LogP contribution < -0.4 is 9.64 Å². The first-order valence-corrected chi connectivity index (χ1v) is 14.7. The normalized spacial score (nSPS) is 25.0. The Morgan fingerprint density at radius 1 is 0.698 bits per heavy atom. The maximum atomic E-state index is 14.1. The van der Waals surface area contributed by atoms with Crippen LogP contribution in [-0.2, 0) is 25.7 Å². The Labute approximate surface area is 248 Å². The Hall–Kier alpha value is -5.04. The third kappa shape index (κ3) is 3.95. The van der Waals surface area contributed by atoms with Crippen LogP contribution in [0.15, 0.2) is 103 Å². The Morgan fingerprint density at radius 3 is 1.84 bits per heavy atom. The minimum atomic E-state index is -0.592. The van der Waals surface area contributed by atoms with E-state index in [2.05, 4.69) is 24.3 Å². The molecular formula is C36H28N2O5. The fourth-order valence-electron chi connectivity index (χ4n) is 7.70. The molecule has 7 heteroatoms. The van der Waals surface area contributed by atoms with Gasteiger partial charge in [-0.1, -0.05) is 84.9 Å². The second-order valence-electron chi connectivity index (χ2n) is 11.9. The highest BCUT2D eigenvalue weighted by molar-refractivity contribution is 6.23. The standard InChI is InChI=1S/C36H28N2O5/c39-29-17-22(20-37(29)19-21-9-2-1-3-10-21)36(42)43-24-12-8-11-23(18-24)38-34(40)32-30-25-13-4-5-14-26(25)31(33(32)35(38)41)28-16-7-6-15-27(28)30/h1-16,18,22,30-33H,17,19-20H2/t22-,30?,31?,32-,33-/m1/s1. The molecule has 0 aromatic heterocycles. The summed E-state index contributed by atoms with van der Waals surface area (Å²) in [6.45, 7) is 0.721. The van der Waals surface area contributed by atoms with Crippen LogP contribution in [0.4, 0.5) is 5.69 Å². The van der Waals surface area contributed by atoms with Crippen LogP contribution >= 0.6 is 0 Å². The lowest BCUT2D eigenvalue weighted by molar-refractivity contribution is -0.139. The van der Waals surface area contributed by atoms with Crippen molar-refractivity contribution < 1.29 is 23.9 Å². The second-order valence-corrected chi connectivity index (χ2v) is 11.9. The van der Waals surface area contributed by atoms with Gasteiger partial charge in [0, 0.05) is 37.4 Å². The number of amides is 3. The van der Waals surface area contributed by atoms with Gasteiger partial charge in [-0.2, -0.15) is 0 Å². The zero-order valence-corrected chi connectivity index (χ0v) is 23.3. The van der Waals surface area contributed by atoms with Gasteiger partial charge in [0.1, 0.15) is 5.75 Å².